The van der Waals surface area contributed by atoms with Gasteiger partial charge in [0.1, 0.15) is 5.82 Å². The molecule has 1 aliphatic rings. The Morgan fingerprint density at radius 2 is 2.14 bits per heavy atom. The summed E-state index contributed by atoms with van der Waals surface area (Å²) < 4.78 is 13.2. The van der Waals surface area contributed by atoms with Crippen molar-refractivity contribution in [1.82, 2.24) is 15.5 Å². The van der Waals surface area contributed by atoms with Crippen molar-refractivity contribution in [3.05, 3.63) is 35.6 Å². The zero-order chi connectivity index (χ0) is 16.3. The molecule has 1 atom stereocenters. The van der Waals surface area contributed by atoms with Gasteiger partial charge in [-0.2, -0.15) is 0 Å². The first kappa shape index (κ1) is 16.3. The van der Waals surface area contributed by atoms with E-state index in [4.69, 9.17) is 0 Å². The SMILES string of the molecule is CC(C)(C)NC(=O)N[C@H]1CC(=O)N(Cc2cccc(F)c2)C1. The highest BCUT2D eigenvalue weighted by Gasteiger charge is 2.31. The second-order valence-electron chi connectivity index (χ2n) is 6.65. The number of amides is 3. The van der Waals surface area contributed by atoms with Crippen LogP contribution in [0, 0.1) is 5.82 Å². The summed E-state index contributed by atoms with van der Waals surface area (Å²) >= 11 is 0. The van der Waals surface area contributed by atoms with E-state index in [0.29, 0.717) is 13.1 Å². The molecule has 1 saturated heterocycles. The Hall–Kier alpha value is -2.11. The summed E-state index contributed by atoms with van der Waals surface area (Å²) in [7, 11) is 0. The number of nitrogens with zero attached hydrogens (tertiary/aromatic N) is 1. The van der Waals surface area contributed by atoms with Crippen LogP contribution < -0.4 is 10.6 Å². The van der Waals surface area contributed by atoms with Crippen LogP contribution in [0.2, 0.25) is 0 Å². The molecule has 2 N–H and O–H groups in total. The second-order valence-corrected chi connectivity index (χ2v) is 6.65. The summed E-state index contributed by atoms with van der Waals surface area (Å²) in [5, 5.41) is 5.61. The second kappa shape index (κ2) is 6.34. The molecule has 1 aromatic carbocycles. The van der Waals surface area contributed by atoms with E-state index in [2.05, 4.69) is 10.6 Å². The largest absolute Gasteiger partial charge is 0.336 e. The zero-order valence-corrected chi connectivity index (χ0v) is 13.1. The molecule has 1 aromatic rings. The average molecular weight is 307 g/mol. The molecule has 2 rings (SSSR count). The molecule has 1 fully saturated rings. The summed E-state index contributed by atoms with van der Waals surface area (Å²) in [4.78, 5) is 25.5. The van der Waals surface area contributed by atoms with Crippen molar-refractivity contribution < 1.29 is 14.0 Å². The smallest absolute Gasteiger partial charge is 0.315 e. The molecule has 22 heavy (non-hydrogen) atoms. The zero-order valence-electron chi connectivity index (χ0n) is 13.1. The van der Waals surface area contributed by atoms with Crippen molar-refractivity contribution in [3.63, 3.8) is 0 Å². The van der Waals surface area contributed by atoms with Crippen molar-refractivity contribution in [1.29, 1.82) is 0 Å². The van der Waals surface area contributed by atoms with E-state index >= 15 is 0 Å². The lowest BCUT2D eigenvalue weighted by atomic mass is 10.1. The van der Waals surface area contributed by atoms with Crippen LogP contribution in [0.3, 0.4) is 0 Å². The molecule has 0 aliphatic carbocycles. The van der Waals surface area contributed by atoms with Gasteiger partial charge in [-0.3, -0.25) is 4.79 Å². The number of carbonyl (C=O) groups is 2. The van der Waals surface area contributed by atoms with Crippen LogP contribution in [0.15, 0.2) is 24.3 Å². The van der Waals surface area contributed by atoms with E-state index in [-0.39, 0.29) is 35.8 Å². The summed E-state index contributed by atoms with van der Waals surface area (Å²) in [6.45, 7) is 6.47. The molecule has 3 amide bonds. The first-order valence-corrected chi connectivity index (χ1v) is 7.34. The lowest BCUT2D eigenvalue weighted by Crippen LogP contribution is -2.50. The molecule has 120 valence electrons. The number of likely N-dealkylation sites (tertiary alicyclic amines) is 1. The van der Waals surface area contributed by atoms with E-state index in [1.54, 1.807) is 17.0 Å². The van der Waals surface area contributed by atoms with Crippen LogP contribution in [0.1, 0.15) is 32.8 Å². The summed E-state index contributed by atoms with van der Waals surface area (Å²) in [5.41, 5.74) is 0.418. The number of hydrogen-bond donors (Lipinski definition) is 2. The lowest BCUT2D eigenvalue weighted by Gasteiger charge is -2.22. The van der Waals surface area contributed by atoms with Gasteiger partial charge in [-0.25, -0.2) is 9.18 Å². The highest BCUT2D eigenvalue weighted by Crippen LogP contribution is 2.16. The van der Waals surface area contributed by atoms with E-state index in [1.807, 2.05) is 20.8 Å². The maximum Gasteiger partial charge on any atom is 0.315 e. The Morgan fingerprint density at radius 1 is 1.41 bits per heavy atom. The van der Waals surface area contributed by atoms with Crippen LogP contribution in [0.5, 0.6) is 0 Å². The van der Waals surface area contributed by atoms with Crippen LogP contribution in [-0.2, 0) is 11.3 Å². The molecule has 1 aliphatic heterocycles. The topological polar surface area (TPSA) is 61.4 Å². The highest BCUT2D eigenvalue weighted by atomic mass is 19.1. The summed E-state index contributed by atoms with van der Waals surface area (Å²) in [6, 6.07) is 5.69. The van der Waals surface area contributed by atoms with Gasteiger partial charge < -0.3 is 15.5 Å². The normalized spacial score (nSPS) is 18.5. The number of rotatable bonds is 3. The Kier molecular flexibility index (Phi) is 4.68. The minimum absolute atomic E-state index is 0.0367. The van der Waals surface area contributed by atoms with Crippen LogP contribution in [0.25, 0.3) is 0 Å². The number of benzene rings is 1. The molecule has 5 nitrogen and oxygen atoms in total. The molecule has 1 heterocycles. The van der Waals surface area contributed by atoms with Crippen molar-refractivity contribution in [2.75, 3.05) is 6.54 Å². The first-order chi connectivity index (χ1) is 10.2. The molecule has 0 radical (unpaired) electrons. The van der Waals surface area contributed by atoms with E-state index < -0.39 is 0 Å². The first-order valence-electron chi connectivity index (χ1n) is 7.34. The molecule has 0 saturated carbocycles. The molecule has 6 heteroatoms. The van der Waals surface area contributed by atoms with Gasteiger partial charge in [0, 0.05) is 25.0 Å². The number of hydrogen-bond acceptors (Lipinski definition) is 2. The summed E-state index contributed by atoms with van der Waals surface area (Å²) in [5.74, 6) is -0.353. The fourth-order valence-corrected chi connectivity index (χ4v) is 2.44. The summed E-state index contributed by atoms with van der Waals surface area (Å²) in [6.07, 6.45) is 0.271. The van der Waals surface area contributed by atoms with Gasteiger partial charge in [0.05, 0.1) is 6.04 Å². The van der Waals surface area contributed by atoms with Crippen molar-refractivity contribution in [2.45, 2.75) is 45.3 Å². The maximum absolute atomic E-state index is 13.2. The molecule has 0 aromatic heterocycles. The van der Waals surface area contributed by atoms with E-state index in [9.17, 15) is 14.0 Å². The third-order valence-corrected chi connectivity index (χ3v) is 3.30. The molecular formula is C16H22FN3O2. The number of urea groups is 1. The van der Waals surface area contributed by atoms with Gasteiger partial charge in [-0.05, 0) is 38.5 Å². The highest BCUT2D eigenvalue weighted by molar-refractivity contribution is 5.81. The van der Waals surface area contributed by atoms with E-state index in [0.717, 1.165) is 5.56 Å². The van der Waals surface area contributed by atoms with Crippen LogP contribution >= 0.6 is 0 Å². The van der Waals surface area contributed by atoms with Gasteiger partial charge in [0.15, 0.2) is 0 Å². The van der Waals surface area contributed by atoms with E-state index in [1.165, 1.54) is 12.1 Å². The molecule has 0 unspecified atom stereocenters. The Bertz CT molecular complexity index is 569. The Morgan fingerprint density at radius 3 is 2.77 bits per heavy atom. The predicted octanol–water partition coefficient (Wildman–Crippen LogP) is 2.02. The molecule has 0 spiro atoms. The predicted molar refractivity (Wildman–Crippen MR) is 81.6 cm³/mol. The minimum Gasteiger partial charge on any atom is -0.336 e. The van der Waals surface area contributed by atoms with Crippen LogP contribution in [0.4, 0.5) is 9.18 Å². The molecule has 0 bridgehead atoms. The standard InChI is InChI=1S/C16H22FN3O2/c1-16(2,3)19-15(22)18-13-8-14(21)20(10-13)9-11-5-4-6-12(17)7-11/h4-7,13H,8-10H2,1-3H3,(H2,18,19,22)/t13-/m0/s1. The van der Waals surface area contributed by atoms with Gasteiger partial charge in [0.25, 0.3) is 0 Å². The molecular weight excluding hydrogens is 285 g/mol. The lowest BCUT2D eigenvalue weighted by molar-refractivity contribution is -0.128. The fraction of sp³-hybridized carbons (Fsp3) is 0.500. The quantitative estimate of drug-likeness (QED) is 0.897. The Labute approximate surface area is 129 Å². The van der Waals surface area contributed by atoms with Crippen molar-refractivity contribution in [3.8, 4) is 0 Å². The Balaban J connectivity index is 1.89. The average Bonchev–Trinajstić information content (AvgIpc) is 2.66. The van der Waals surface area contributed by atoms with Gasteiger partial charge in [-0.1, -0.05) is 12.1 Å². The third-order valence-electron chi connectivity index (χ3n) is 3.30. The number of halogens is 1. The van der Waals surface area contributed by atoms with Crippen molar-refractivity contribution in [2.24, 2.45) is 0 Å². The van der Waals surface area contributed by atoms with Gasteiger partial charge >= 0.3 is 6.03 Å². The van der Waals surface area contributed by atoms with Crippen LogP contribution in [-0.4, -0.2) is 35.0 Å². The number of nitrogens with one attached hydrogen (secondary N) is 2. The van der Waals surface area contributed by atoms with Gasteiger partial charge in [-0.15, -0.1) is 0 Å². The number of carbonyl (C=O) groups excluding carboxylic acids is 2. The van der Waals surface area contributed by atoms with Gasteiger partial charge in [0.2, 0.25) is 5.91 Å². The maximum atomic E-state index is 13.2. The van der Waals surface area contributed by atoms with Crippen molar-refractivity contribution >= 4 is 11.9 Å². The minimum atomic E-state index is -0.325. The third kappa shape index (κ3) is 4.72. The fourth-order valence-electron chi connectivity index (χ4n) is 2.44. The monoisotopic (exact) mass is 307 g/mol.